The van der Waals surface area contributed by atoms with Crippen molar-refractivity contribution in [1.29, 1.82) is 0 Å². The number of hydrogen-bond acceptors (Lipinski definition) is 32. The van der Waals surface area contributed by atoms with E-state index in [-0.39, 0.29) is 119 Å². The Hall–Kier alpha value is -4.50. The molecule has 3 aromatic carbocycles. The van der Waals surface area contributed by atoms with Crippen LogP contribution in [0.15, 0.2) is 108 Å². The van der Waals surface area contributed by atoms with Crippen molar-refractivity contribution in [2.45, 2.75) is 214 Å². The summed E-state index contributed by atoms with van der Waals surface area (Å²) in [7, 11) is 3.17. The Morgan fingerprint density at radius 1 is 0.336 bits per heavy atom. The standard InChI is InChI=1S/C16H34O2.C14H14O2.C12H18O2.C10H18O2.C8H14O4.C8H18O2.C6H15NO2.C6H14O4.C4H10O3.C4H10O2S2.C4H8O2.C4H6O2/c17-15-13-11-9-7-5-3-1-2-4-6-8-10-12-14-16-18;15-9-11-5-1-3-7-13(11)14-8-4-2-6-12(14)10-16;1-11(2,13)9-5-7-10(8-6-9)12(3,4)14;1-9(6-7-11)4-3-5-10(2)8-12;9-3-7-11-5-1-2-6-12-8-4-10;9-7-5-3-1-2-4-6-8-10;1-2-7(3-5-8)4-6-9;7-1-3-9-5-6-10-4-2-8;5-1-3-7-4-2-6;5-1-3-7-8-4-2-6;2*5-3-1-2-4-6/h17-18H,1-16H2;1-8,15-16H,9-10H2;5-8,13-14H,1-4H3;5-6,11-12H,3-4,7-8H2,1-2H3;9-10H,3-8H2;9-10H,1-8H2;8-9H,2-6H2,1H3;7-8H,1-6H2;5-6H,1-4H2;5-6H,1-4H2;1-2,5-6H,3-4H2;5-6H,3-4H2/b;;;9-6+,10-5+;;;;;;;2-1-;. The van der Waals surface area contributed by atoms with Crippen LogP contribution in [0.2, 0.25) is 0 Å². The van der Waals surface area contributed by atoms with E-state index in [9.17, 15) is 20.4 Å². The smallest absolute Gasteiger partial charge is 0.107 e. The molecule has 0 aromatic heterocycles. The van der Waals surface area contributed by atoms with Gasteiger partial charge in [-0.05, 0) is 120 Å². The van der Waals surface area contributed by atoms with Crippen LogP contribution in [0.25, 0.3) is 11.1 Å². The minimum Gasteiger partial charge on any atom is -0.396 e. The summed E-state index contributed by atoms with van der Waals surface area (Å²) < 4.78 is 24.1. The molecule has 3 aromatic rings. The monoisotopic (exact) mass is 1870 g/mol. The molecule has 0 saturated heterocycles. The molecule has 0 spiro atoms. The Labute approximate surface area is 777 Å². The maximum atomic E-state index is 9.72. The molecule has 3 rings (SSSR count). The lowest BCUT2D eigenvalue weighted by Crippen LogP contribution is -2.29. The van der Waals surface area contributed by atoms with Gasteiger partial charge in [-0.3, -0.25) is 4.90 Å². The van der Waals surface area contributed by atoms with Crippen molar-refractivity contribution in [1.82, 2.24) is 4.90 Å². The van der Waals surface area contributed by atoms with Gasteiger partial charge in [0.15, 0.2) is 0 Å². The van der Waals surface area contributed by atoms with Crippen molar-refractivity contribution in [3.05, 3.63) is 131 Å². The Kier molecular flexibility index (Phi) is 138. The van der Waals surface area contributed by atoms with Gasteiger partial charge in [-0.2, -0.15) is 0 Å². The third-order valence-corrected chi connectivity index (χ3v) is 18.8. The summed E-state index contributed by atoms with van der Waals surface area (Å²) in [4.78, 5) is 1.99. The molecule has 0 bridgehead atoms. The lowest BCUT2D eigenvalue weighted by atomic mass is 9.93. The van der Waals surface area contributed by atoms with Gasteiger partial charge >= 0.3 is 0 Å². The highest BCUT2D eigenvalue weighted by Crippen LogP contribution is 2.28. The molecular weight excluding hydrogens is 1700 g/mol. The van der Waals surface area contributed by atoms with E-state index in [4.69, 9.17) is 121 Å². The van der Waals surface area contributed by atoms with E-state index in [2.05, 4.69) is 28.4 Å². The normalized spacial score (nSPS) is 10.7. The van der Waals surface area contributed by atoms with Crippen molar-refractivity contribution in [2.75, 3.05) is 229 Å². The third kappa shape index (κ3) is 124. The predicted molar refractivity (Wildman–Crippen MR) is 517 cm³/mol. The summed E-state index contributed by atoms with van der Waals surface area (Å²) in [5.41, 5.74) is 5.98. The van der Waals surface area contributed by atoms with Gasteiger partial charge in [0.05, 0.1) is 170 Å². The summed E-state index contributed by atoms with van der Waals surface area (Å²) in [5, 5.41) is 204. The highest BCUT2D eigenvalue weighted by Gasteiger charge is 2.19. The van der Waals surface area contributed by atoms with Crippen LogP contribution in [0.4, 0.5) is 0 Å². The second kappa shape index (κ2) is 125. The summed E-state index contributed by atoms with van der Waals surface area (Å²) in [6.07, 6.45) is 33.2. The van der Waals surface area contributed by atoms with Crippen molar-refractivity contribution < 1.29 is 146 Å². The fourth-order valence-electron chi connectivity index (χ4n) is 9.60. The van der Waals surface area contributed by atoms with Gasteiger partial charge in [-0.25, -0.2) is 0 Å². The number of aliphatic hydroxyl groups excluding tert-OH is 22. The number of likely N-dealkylation sites (N-methyl/N-ethyl adjacent to an activating group) is 1. The molecule has 128 heavy (non-hydrogen) atoms. The predicted octanol–water partition coefficient (Wildman–Crippen LogP) is 7.01. The van der Waals surface area contributed by atoms with Gasteiger partial charge in [-0.1, -0.05) is 263 Å². The van der Waals surface area contributed by atoms with Gasteiger partial charge in [0, 0.05) is 51.0 Å². The van der Waals surface area contributed by atoms with Crippen LogP contribution in [-0.2, 0) is 48.1 Å². The molecule has 0 aliphatic heterocycles. The number of nitrogens with zero attached hydrogens (tertiary/aromatic N) is 1. The minimum absolute atomic E-state index is 0.00986. The van der Waals surface area contributed by atoms with Crippen LogP contribution in [0.3, 0.4) is 0 Å². The van der Waals surface area contributed by atoms with E-state index in [0.717, 1.165) is 108 Å². The van der Waals surface area contributed by atoms with Crippen molar-refractivity contribution >= 4 is 21.6 Å². The first-order valence-corrected chi connectivity index (χ1v) is 47.3. The van der Waals surface area contributed by atoms with E-state index >= 15 is 0 Å². The maximum Gasteiger partial charge on any atom is 0.107 e. The second-order valence-corrected chi connectivity index (χ2v) is 31.1. The fraction of sp³-hybridized carbons (Fsp3) is 0.708. The molecule has 0 heterocycles. The summed E-state index contributed by atoms with van der Waals surface area (Å²) in [5.74, 6) is 11.4. The Morgan fingerprint density at radius 3 is 0.875 bits per heavy atom. The van der Waals surface area contributed by atoms with Crippen LogP contribution >= 0.6 is 21.6 Å². The van der Waals surface area contributed by atoms with Gasteiger partial charge in [0.25, 0.3) is 0 Å². The SMILES string of the molecule is C/C(=C\CC/C(C)=C/CO)CO.CC(C)(O)c1ccc(C(C)(C)O)cc1.CCN(CCO)CCO.OC/C=C\CO.OCC#CCO.OCCCCCCCCCCCCCCCCO.OCCCCCCCCO.OCCOCC#CCOCCO.OCCOCCO.OCCOCCOCCO.OCCSSCCO.OCc1ccccc1-c1ccccc1CO. The van der Waals surface area contributed by atoms with E-state index < -0.39 is 11.2 Å². The first kappa shape index (κ1) is 141. The van der Waals surface area contributed by atoms with Gasteiger partial charge in [0.2, 0.25) is 0 Å². The Balaban J connectivity index is -0.000000175. The van der Waals surface area contributed by atoms with E-state index in [0.29, 0.717) is 106 Å². The average molecular weight is 1880 g/mol. The van der Waals surface area contributed by atoms with Crippen LogP contribution in [-0.4, -0.2) is 357 Å². The highest BCUT2D eigenvalue weighted by atomic mass is 33.1. The van der Waals surface area contributed by atoms with Gasteiger partial charge in [-0.15, -0.1) is 0 Å². The lowest BCUT2D eigenvalue weighted by molar-refractivity contribution is 0.0222. The Morgan fingerprint density at radius 2 is 0.633 bits per heavy atom. The number of hydrogen-bond donors (Lipinski definition) is 24. The molecular formula is C96H179NO29S2. The van der Waals surface area contributed by atoms with Gasteiger partial charge < -0.3 is 146 Å². The fourth-order valence-corrected chi connectivity index (χ4v) is 11.1. The quantitative estimate of drug-likeness (QED) is 0.0117. The number of aliphatic hydroxyl groups is 24. The summed E-state index contributed by atoms with van der Waals surface area (Å²) in [6, 6.07) is 22.7. The molecule has 0 fully saturated rings. The molecule has 0 radical (unpaired) electrons. The topological polar surface area (TPSA) is 535 Å². The third-order valence-electron chi connectivity index (χ3n) is 16.4. The van der Waals surface area contributed by atoms with Crippen LogP contribution < -0.4 is 0 Å². The highest BCUT2D eigenvalue weighted by molar-refractivity contribution is 8.76. The molecule has 0 aliphatic rings. The number of ether oxygens (including phenoxy) is 5. The van der Waals surface area contributed by atoms with E-state index in [1.165, 1.54) is 108 Å². The Bertz CT molecular complexity index is 2610. The molecule has 24 N–H and O–H groups in total. The molecule has 0 aliphatic carbocycles. The van der Waals surface area contributed by atoms with Gasteiger partial charge in [0.1, 0.15) is 26.4 Å². The first-order valence-electron chi connectivity index (χ1n) is 44.8. The molecule has 30 nitrogen and oxygen atoms in total. The van der Waals surface area contributed by atoms with Crippen LogP contribution in [0, 0.1) is 23.7 Å². The molecule has 0 atom stereocenters. The van der Waals surface area contributed by atoms with Crippen LogP contribution in [0.1, 0.15) is 212 Å². The maximum absolute atomic E-state index is 9.72. The zero-order chi connectivity index (χ0) is 98.0. The largest absolute Gasteiger partial charge is 0.396 e. The summed E-state index contributed by atoms with van der Waals surface area (Å²) in [6.45, 7) is 20.9. The summed E-state index contributed by atoms with van der Waals surface area (Å²) >= 11 is 0. The molecule has 0 saturated carbocycles. The van der Waals surface area contributed by atoms with Crippen molar-refractivity contribution in [3.8, 4) is 34.8 Å². The number of rotatable bonds is 61. The average Bonchev–Trinajstić information content (AvgIpc) is 0.829. The van der Waals surface area contributed by atoms with Crippen molar-refractivity contribution in [3.63, 3.8) is 0 Å². The number of benzene rings is 3. The minimum atomic E-state index is -0.821. The van der Waals surface area contributed by atoms with Crippen LogP contribution in [0.5, 0.6) is 0 Å². The number of allylic oxidation sites excluding steroid dienone is 2. The zero-order valence-corrected chi connectivity index (χ0v) is 80.6. The molecule has 754 valence electrons. The van der Waals surface area contributed by atoms with E-state index in [1.54, 1.807) is 49.3 Å². The molecule has 0 amide bonds. The van der Waals surface area contributed by atoms with Crippen molar-refractivity contribution in [2.24, 2.45) is 0 Å². The zero-order valence-electron chi connectivity index (χ0n) is 79.0. The number of unbranched alkanes of at least 4 members (excludes halogenated alkanes) is 18. The lowest BCUT2D eigenvalue weighted by Gasteiger charge is -2.21. The molecule has 0 unspecified atom stereocenters. The second-order valence-electron chi connectivity index (χ2n) is 28.4. The first-order chi connectivity index (χ1) is 61.9. The van der Waals surface area contributed by atoms with E-state index in [1.807, 2.05) is 111 Å². The molecule has 32 heteroatoms.